The Hall–Kier alpha value is -3.15. The Morgan fingerprint density at radius 3 is 2.41 bits per heavy atom. The molecule has 2 heterocycles. The van der Waals surface area contributed by atoms with Crippen LogP contribution < -0.4 is 9.47 Å². The van der Waals surface area contributed by atoms with Gasteiger partial charge in [-0.2, -0.15) is 0 Å². The second-order valence-corrected chi connectivity index (χ2v) is 9.91. The predicted octanol–water partition coefficient (Wildman–Crippen LogP) is 6.48. The number of pyridine rings is 1. The van der Waals surface area contributed by atoms with Crippen LogP contribution in [0.4, 0.5) is 0 Å². The van der Waals surface area contributed by atoms with Gasteiger partial charge in [-0.1, -0.05) is 88.7 Å². The summed E-state index contributed by atoms with van der Waals surface area (Å²) in [5.74, 6) is 1.17. The number of ether oxygens (including phenoxy) is 2. The average Bonchev–Trinajstić information content (AvgIpc) is 3.31. The predicted molar refractivity (Wildman–Crippen MR) is 134 cm³/mol. The van der Waals surface area contributed by atoms with Crippen molar-refractivity contribution in [1.82, 2.24) is 4.98 Å². The van der Waals surface area contributed by atoms with E-state index in [1.54, 1.807) is 6.20 Å². The highest BCUT2D eigenvalue weighted by atomic mass is 79.9. The van der Waals surface area contributed by atoms with Crippen LogP contribution in [0.2, 0.25) is 0 Å². The van der Waals surface area contributed by atoms with Gasteiger partial charge in [-0.25, -0.2) is 0 Å². The van der Waals surface area contributed by atoms with E-state index < -0.39 is 11.2 Å². The van der Waals surface area contributed by atoms with Gasteiger partial charge in [-0.05, 0) is 41.7 Å². The largest absolute Gasteiger partial charge is 0.487 e. The van der Waals surface area contributed by atoms with Gasteiger partial charge in [0.05, 0.1) is 6.20 Å². The number of aromatic nitrogens is 1. The summed E-state index contributed by atoms with van der Waals surface area (Å²) in [6, 6.07) is 30.3. The first-order valence-electron chi connectivity index (χ1n) is 11.5. The van der Waals surface area contributed by atoms with Gasteiger partial charge in [0.25, 0.3) is 0 Å². The SMILES string of the molecule is OC12CCC(c3ccccc3)C1(c1ccc(Br)cc1)Oc1cc(OCc3ccccc3)cnc12. The Morgan fingerprint density at radius 1 is 0.971 bits per heavy atom. The lowest BCUT2D eigenvalue weighted by molar-refractivity contribution is -0.107. The summed E-state index contributed by atoms with van der Waals surface area (Å²) in [4.78, 5) is 4.69. The Morgan fingerprint density at radius 2 is 1.68 bits per heavy atom. The first kappa shape index (κ1) is 21.4. The van der Waals surface area contributed by atoms with Crippen LogP contribution in [0, 0.1) is 0 Å². The van der Waals surface area contributed by atoms with Crippen molar-refractivity contribution in [3.63, 3.8) is 0 Å². The highest BCUT2D eigenvalue weighted by Crippen LogP contribution is 2.66. The Kier molecular flexibility index (Phi) is 5.19. The van der Waals surface area contributed by atoms with Gasteiger partial charge in [0.1, 0.15) is 23.8 Å². The van der Waals surface area contributed by atoms with Crippen molar-refractivity contribution in [2.75, 3.05) is 0 Å². The van der Waals surface area contributed by atoms with E-state index in [-0.39, 0.29) is 5.92 Å². The van der Waals surface area contributed by atoms with Crippen molar-refractivity contribution in [3.05, 3.63) is 124 Å². The zero-order chi connectivity index (χ0) is 23.2. The summed E-state index contributed by atoms with van der Waals surface area (Å²) in [6.45, 7) is 0.441. The van der Waals surface area contributed by atoms with Crippen LogP contribution in [0.3, 0.4) is 0 Å². The lowest BCUT2D eigenvalue weighted by Crippen LogP contribution is -2.48. The Bertz CT molecular complexity index is 1310. The van der Waals surface area contributed by atoms with Gasteiger partial charge < -0.3 is 14.6 Å². The molecular weight excluding hydrogens is 490 g/mol. The van der Waals surface area contributed by atoms with Crippen LogP contribution in [0.25, 0.3) is 0 Å². The number of aliphatic hydroxyl groups is 1. The fraction of sp³-hybridized carbons (Fsp3) is 0.207. The third-order valence-corrected chi connectivity index (χ3v) is 7.64. The summed E-state index contributed by atoms with van der Waals surface area (Å²) >= 11 is 3.54. The minimum Gasteiger partial charge on any atom is -0.487 e. The van der Waals surface area contributed by atoms with E-state index in [1.165, 1.54) is 0 Å². The van der Waals surface area contributed by atoms with Crippen LogP contribution in [-0.4, -0.2) is 10.1 Å². The number of hydrogen-bond donors (Lipinski definition) is 1. The fourth-order valence-corrected chi connectivity index (χ4v) is 5.84. The van der Waals surface area contributed by atoms with E-state index in [9.17, 15) is 5.11 Å². The number of benzene rings is 3. The van der Waals surface area contributed by atoms with Crippen molar-refractivity contribution < 1.29 is 14.6 Å². The van der Waals surface area contributed by atoms with Crippen molar-refractivity contribution in [1.29, 1.82) is 0 Å². The van der Waals surface area contributed by atoms with E-state index >= 15 is 0 Å². The molecule has 4 aromatic rings. The van der Waals surface area contributed by atoms with Crippen LogP contribution in [-0.2, 0) is 17.8 Å². The quantitative estimate of drug-likeness (QED) is 0.332. The molecule has 0 radical (unpaired) electrons. The smallest absolute Gasteiger partial charge is 0.175 e. The maximum Gasteiger partial charge on any atom is 0.175 e. The normalized spacial score (nSPS) is 24.8. The summed E-state index contributed by atoms with van der Waals surface area (Å²) in [6.07, 6.45) is 3.05. The maximum atomic E-state index is 12.2. The van der Waals surface area contributed by atoms with E-state index in [2.05, 4.69) is 28.1 Å². The summed E-state index contributed by atoms with van der Waals surface area (Å²) in [5.41, 5.74) is 1.54. The highest BCUT2D eigenvalue weighted by Gasteiger charge is 2.69. The molecule has 3 atom stereocenters. The van der Waals surface area contributed by atoms with Gasteiger partial charge in [-0.15, -0.1) is 0 Å². The van der Waals surface area contributed by atoms with Crippen molar-refractivity contribution >= 4 is 15.9 Å². The summed E-state index contributed by atoms with van der Waals surface area (Å²) in [7, 11) is 0. The molecule has 1 aliphatic carbocycles. The molecule has 0 amide bonds. The van der Waals surface area contributed by atoms with Gasteiger partial charge in [0.15, 0.2) is 11.2 Å². The lowest BCUT2D eigenvalue weighted by Gasteiger charge is -2.39. The first-order valence-corrected chi connectivity index (χ1v) is 12.3. The van der Waals surface area contributed by atoms with Crippen LogP contribution in [0.15, 0.2) is 102 Å². The minimum absolute atomic E-state index is 0.0252. The zero-order valence-electron chi connectivity index (χ0n) is 18.5. The molecule has 1 fully saturated rings. The fourth-order valence-electron chi connectivity index (χ4n) is 5.57. The van der Waals surface area contributed by atoms with Crippen LogP contribution in [0.5, 0.6) is 11.5 Å². The topological polar surface area (TPSA) is 51.6 Å². The summed E-state index contributed by atoms with van der Waals surface area (Å²) in [5, 5.41) is 12.2. The van der Waals surface area contributed by atoms with Crippen molar-refractivity contribution in [2.24, 2.45) is 0 Å². The van der Waals surface area contributed by atoms with Crippen molar-refractivity contribution in [2.45, 2.75) is 36.6 Å². The zero-order valence-corrected chi connectivity index (χ0v) is 20.1. The monoisotopic (exact) mass is 513 g/mol. The molecule has 4 nitrogen and oxygen atoms in total. The van der Waals surface area contributed by atoms with Gasteiger partial charge >= 0.3 is 0 Å². The molecule has 0 saturated heterocycles. The number of rotatable bonds is 5. The highest BCUT2D eigenvalue weighted by molar-refractivity contribution is 9.10. The maximum absolute atomic E-state index is 12.2. The molecule has 34 heavy (non-hydrogen) atoms. The second kappa shape index (κ2) is 8.26. The summed E-state index contributed by atoms with van der Waals surface area (Å²) < 4.78 is 13.8. The molecule has 1 aromatic heterocycles. The van der Waals surface area contributed by atoms with Crippen LogP contribution in [0.1, 0.15) is 41.1 Å². The number of nitrogens with zero attached hydrogens (tertiary/aromatic N) is 1. The Labute approximate surface area is 207 Å². The molecule has 1 N–H and O–H groups in total. The number of fused-ring (bicyclic) bond motifs is 3. The van der Waals surface area contributed by atoms with E-state index in [0.717, 1.165) is 27.6 Å². The Balaban J connectivity index is 1.42. The van der Waals surface area contributed by atoms with E-state index in [4.69, 9.17) is 14.5 Å². The molecule has 6 rings (SSSR count). The van der Waals surface area contributed by atoms with Crippen molar-refractivity contribution in [3.8, 4) is 11.5 Å². The first-order chi connectivity index (χ1) is 16.6. The lowest BCUT2D eigenvalue weighted by atomic mass is 9.73. The van der Waals surface area contributed by atoms with E-state index in [0.29, 0.717) is 30.2 Å². The van der Waals surface area contributed by atoms with Gasteiger partial charge in [-0.3, -0.25) is 4.98 Å². The van der Waals surface area contributed by atoms with Gasteiger partial charge in [0, 0.05) is 16.5 Å². The second-order valence-electron chi connectivity index (χ2n) is 9.00. The van der Waals surface area contributed by atoms with E-state index in [1.807, 2.05) is 78.9 Å². The number of hydrogen-bond acceptors (Lipinski definition) is 4. The standard InChI is InChI=1S/C29H24BrNO3/c30-23-13-11-22(12-14-23)29-25(21-9-5-2-6-10-21)15-16-28(29,32)27-26(34-29)17-24(18-31-27)33-19-20-7-3-1-4-8-20/h1-14,17-18,25,32H,15-16,19H2. The number of halogens is 1. The molecule has 2 aliphatic rings. The van der Waals surface area contributed by atoms with Crippen LogP contribution >= 0.6 is 15.9 Å². The van der Waals surface area contributed by atoms with Gasteiger partial charge in [0.2, 0.25) is 0 Å². The average molecular weight is 514 g/mol. The molecule has 5 heteroatoms. The molecule has 0 bridgehead atoms. The molecule has 1 saturated carbocycles. The molecule has 170 valence electrons. The molecule has 3 aromatic carbocycles. The molecule has 0 spiro atoms. The molecular formula is C29H24BrNO3. The third kappa shape index (κ3) is 3.26. The molecule has 3 unspecified atom stereocenters. The minimum atomic E-state index is -1.24. The molecule has 1 aliphatic heterocycles. The third-order valence-electron chi connectivity index (χ3n) is 7.11.